The Labute approximate surface area is 181 Å². The molecule has 2 rings (SSSR count). The zero-order valence-electron chi connectivity index (χ0n) is 16.9. The van der Waals surface area contributed by atoms with Crippen molar-refractivity contribution < 1.29 is 27.5 Å². The van der Waals surface area contributed by atoms with Crippen molar-refractivity contribution in [3.05, 3.63) is 59.1 Å². The molecule has 162 valence electrons. The Balaban J connectivity index is 1.86. The van der Waals surface area contributed by atoms with Crippen molar-refractivity contribution in [1.82, 2.24) is 9.21 Å². The van der Waals surface area contributed by atoms with Gasteiger partial charge in [0.2, 0.25) is 10.0 Å². The summed E-state index contributed by atoms with van der Waals surface area (Å²) in [6.45, 7) is -0.718. The number of carbonyl (C=O) groups excluding carboxylic acids is 2. The molecule has 2 aromatic carbocycles. The lowest BCUT2D eigenvalue weighted by molar-refractivity contribution is -0.151. The van der Waals surface area contributed by atoms with Gasteiger partial charge in [0.15, 0.2) is 6.61 Å². The Kier molecular flexibility index (Phi) is 8.22. The number of hydrogen-bond donors (Lipinski definition) is 0. The maximum Gasteiger partial charge on any atom is 0.321 e. The van der Waals surface area contributed by atoms with Gasteiger partial charge in [-0.2, -0.15) is 4.31 Å². The van der Waals surface area contributed by atoms with Gasteiger partial charge in [-0.3, -0.25) is 9.59 Å². The van der Waals surface area contributed by atoms with Crippen LogP contribution < -0.4 is 4.74 Å². The highest BCUT2D eigenvalue weighted by Gasteiger charge is 2.24. The predicted octanol–water partition coefficient (Wildman–Crippen LogP) is 2.17. The van der Waals surface area contributed by atoms with Gasteiger partial charge in [0.25, 0.3) is 5.91 Å². The van der Waals surface area contributed by atoms with E-state index in [9.17, 15) is 18.0 Å². The fourth-order valence-electron chi connectivity index (χ4n) is 2.48. The smallest absolute Gasteiger partial charge is 0.321 e. The van der Waals surface area contributed by atoms with Gasteiger partial charge >= 0.3 is 5.97 Å². The number of sulfonamides is 1. The molecule has 0 spiro atoms. The third-order valence-corrected chi connectivity index (χ3v) is 6.28. The SMILES string of the molecule is COc1cccc(CN(C)C(=O)COC(=O)CN(C)S(=O)(=O)c2ccc(Cl)cc2)c1. The predicted molar refractivity (Wildman–Crippen MR) is 112 cm³/mol. The van der Waals surface area contributed by atoms with Gasteiger partial charge < -0.3 is 14.4 Å². The van der Waals surface area contributed by atoms with Gasteiger partial charge in [-0.25, -0.2) is 8.42 Å². The molecule has 0 saturated carbocycles. The zero-order valence-corrected chi connectivity index (χ0v) is 18.4. The quantitative estimate of drug-likeness (QED) is 0.539. The summed E-state index contributed by atoms with van der Waals surface area (Å²) < 4.78 is 35.9. The topological polar surface area (TPSA) is 93.2 Å². The third kappa shape index (κ3) is 6.45. The number of benzene rings is 2. The van der Waals surface area contributed by atoms with Crippen LogP contribution in [0.4, 0.5) is 0 Å². The molecule has 10 heteroatoms. The van der Waals surface area contributed by atoms with E-state index in [-0.39, 0.29) is 4.90 Å². The number of likely N-dealkylation sites (N-methyl/N-ethyl adjacent to an activating group) is 2. The summed E-state index contributed by atoms with van der Waals surface area (Å²) in [5, 5.41) is 0.396. The van der Waals surface area contributed by atoms with Crippen molar-refractivity contribution in [3.8, 4) is 5.75 Å². The molecule has 0 radical (unpaired) electrons. The molecule has 0 heterocycles. The minimum atomic E-state index is -3.89. The average molecular weight is 455 g/mol. The van der Waals surface area contributed by atoms with Crippen LogP contribution in [-0.2, 0) is 30.9 Å². The number of carbonyl (C=O) groups is 2. The first-order chi connectivity index (χ1) is 14.1. The lowest BCUT2D eigenvalue weighted by atomic mass is 10.2. The lowest BCUT2D eigenvalue weighted by Gasteiger charge is -2.19. The molecular weight excluding hydrogens is 432 g/mol. The highest BCUT2D eigenvalue weighted by atomic mass is 35.5. The van der Waals surface area contributed by atoms with Crippen molar-refractivity contribution in [2.75, 3.05) is 34.4 Å². The van der Waals surface area contributed by atoms with Crippen LogP contribution in [0.25, 0.3) is 0 Å². The van der Waals surface area contributed by atoms with E-state index in [1.54, 1.807) is 26.3 Å². The number of esters is 1. The van der Waals surface area contributed by atoms with E-state index >= 15 is 0 Å². The third-order valence-electron chi connectivity index (χ3n) is 4.21. The number of rotatable bonds is 9. The molecule has 0 N–H and O–H groups in total. The van der Waals surface area contributed by atoms with Crippen LogP contribution in [0.3, 0.4) is 0 Å². The molecule has 0 fully saturated rings. The Morgan fingerprint density at radius 1 is 1.07 bits per heavy atom. The van der Waals surface area contributed by atoms with Crippen molar-refractivity contribution in [1.29, 1.82) is 0 Å². The van der Waals surface area contributed by atoms with Gasteiger partial charge in [0.1, 0.15) is 12.3 Å². The standard InChI is InChI=1S/C20H23ClN2O6S/c1-22(12-15-5-4-6-17(11-15)28-3)19(24)14-29-20(25)13-23(2)30(26,27)18-9-7-16(21)8-10-18/h4-11H,12-14H2,1-3H3. The molecule has 0 aliphatic heterocycles. The van der Waals surface area contributed by atoms with E-state index in [2.05, 4.69) is 0 Å². The second-order valence-electron chi connectivity index (χ2n) is 6.48. The first-order valence-corrected chi connectivity index (χ1v) is 10.7. The summed E-state index contributed by atoms with van der Waals surface area (Å²) >= 11 is 5.76. The molecule has 0 aliphatic carbocycles. The molecule has 0 aromatic heterocycles. The molecular formula is C20H23ClN2O6S. The number of methoxy groups -OCH3 is 1. The maximum atomic E-state index is 12.5. The summed E-state index contributed by atoms with van der Waals surface area (Å²) in [7, 11) is 0.495. The fourth-order valence-corrected chi connectivity index (χ4v) is 3.73. The summed E-state index contributed by atoms with van der Waals surface area (Å²) in [5.74, 6) is -0.586. The van der Waals surface area contributed by atoms with Crippen LogP contribution in [0.1, 0.15) is 5.56 Å². The Hall–Kier alpha value is -2.62. The average Bonchev–Trinajstić information content (AvgIpc) is 2.72. The Morgan fingerprint density at radius 2 is 1.73 bits per heavy atom. The van der Waals surface area contributed by atoms with E-state index in [4.69, 9.17) is 21.1 Å². The molecule has 0 aliphatic rings. The summed E-state index contributed by atoms with van der Waals surface area (Å²) in [5.41, 5.74) is 0.852. The first-order valence-electron chi connectivity index (χ1n) is 8.88. The van der Waals surface area contributed by atoms with E-state index in [0.29, 0.717) is 17.3 Å². The number of nitrogens with zero attached hydrogens (tertiary/aromatic N) is 2. The van der Waals surface area contributed by atoms with Crippen LogP contribution in [0, 0.1) is 0 Å². The van der Waals surface area contributed by atoms with E-state index in [1.165, 1.54) is 36.2 Å². The first kappa shape index (κ1) is 23.7. The molecule has 2 aromatic rings. The molecule has 8 nitrogen and oxygen atoms in total. The van der Waals surface area contributed by atoms with Crippen LogP contribution >= 0.6 is 11.6 Å². The number of hydrogen-bond acceptors (Lipinski definition) is 6. The van der Waals surface area contributed by atoms with Crippen molar-refractivity contribution >= 4 is 33.5 Å². The van der Waals surface area contributed by atoms with Crippen molar-refractivity contribution in [2.24, 2.45) is 0 Å². The monoisotopic (exact) mass is 454 g/mol. The number of ether oxygens (including phenoxy) is 2. The highest BCUT2D eigenvalue weighted by Crippen LogP contribution is 2.17. The summed E-state index contributed by atoms with van der Waals surface area (Å²) in [4.78, 5) is 25.6. The van der Waals surface area contributed by atoms with E-state index in [0.717, 1.165) is 9.87 Å². The largest absolute Gasteiger partial charge is 0.497 e. The zero-order chi connectivity index (χ0) is 22.3. The second-order valence-corrected chi connectivity index (χ2v) is 8.96. The van der Waals surface area contributed by atoms with Crippen LogP contribution in [0.15, 0.2) is 53.4 Å². The van der Waals surface area contributed by atoms with Crippen LogP contribution in [-0.4, -0.2) is 63.9 Å². The molecule has 0 unspecified atom stereocenters. The highest BCUT2D eigenvalue weighted by molar-refractivity contribution is 7.89. The fraction of sp³-hybridized carbons (Fsp3) is 0.300. The minimum Gasteiger partial charge on any atom is -0.497 e. The van der Waals surface area contributed by atoms with Crippen LogP contribution in [0.2, 0.25) is 5.02 Å². The minimum absolute atomic E-state index is 0.00343. The summed E-state index contributed by atoms with van der Waals surface area (Å²) in [6, 6.07) is 12.8. The van der Waals surface area contributed by atoms with Crippen LogP contribution in [0.5, 0.6) is 5.75 Å². The van der Waals surface area contributed by atoms with E-state index < -0.39 is 35.1 Å². The van der Waals surface area contributed by atoms with Crippen molar-refractivity contribution in [2.45, 2.75) is 11.4 Å². The molecule has 0 atom stereocenters. The van der Waals surface area contributed by atoms with Gasteiger partial charge in [-0.1, -0.05) is 23.7 Å². The Morgan fingerprint density at radius 3 is 2.37 bits per heavy atom. The number of amides is 1. The van der Waals surface area contributed by atoms with Crippen molar-refractivity contribution in [3.63, 3.8) is 0 Å². The van der Waals surface area contributed by atoms with Gasteiger partial charge in [-0.15, -0.1) is 0 Å². The number of halogens is 1. The van der Waals surface area contributed by atoms with E-state index in [1.807, 2.05) is 12.1 Å². The molecule has 0 bridgehead atoms. The molecule has 0 saturated heterocycles. The Bertz CT molecular complexity index is 995. The normalized spacial score (nSPS) is 11.2. The maximum absolute atomic E-state index is 12.5. The van der Waals surface area contributed by atoms with Gasteiger partial charge in [0.05, 0.1) is 12.0 Å². The second kappa shape index (κ2) is 10.4. The summed E-state index contributed by atoms with van der Waals surface area (Å²) in [6.07, 6.45) is 0. The molecule has 1 amide bonds. The van der Waals surface area contributed by atoms with Gasteiger partial charge in [-0.05, 0) is 42.0 Å². The molecule has 30 heavy (non-hydrogen) atoms. The van der Waals surface area contributed by atoms with Gasteiger partial charge in [0, 0.05) is 25.7 Å². The lowest BCUT2D eigenvalue weighted by Crippen LogP contribution is -2.35.